The van der Waals surface area contributed by atoms with Crippen LogP contribution in [0, 0.1) is 0 Å². The molecule has 0 saturated carbocycles. The van der Waals surface area contributed by atoms with E-state index < -0.39 is 5.97 Å². The largest absolute Gasteiger partial charge is 0.478 e. The lowest BCUT2D eigenvalue weighted by atomic mass is 10.3. The van der Waals surface area contributed by atoms with E-state index in [2.05, 4.69) is 10.4 Å². The predicted molar refractivity (Wildman–Crippen MR) is 75.4 cm³/mol. The van der Waals surface area contributed by atoms with E-state index in [0.29, 0.717) is 11.4 Å². The summed E-state index contributed by atoms with van der Waals surface area (Å²) in [5, 5.41) is 15.5. The molecule has 2 heterocycles. The van der Waals surface area contributed by atoms with E-state index in [0.717, 1.165) is 16.6 Å². The zero-order chi connectivity index (χ0) is 14.5. The molecule has 6 nitrogen and oxygen atoms in total. The normalized spacial score (nSPS) is 10.8. The van der Waals surface area contributed by atoms with Gasteiger partial charge in [0, 0.05) is 24.2 Å². The van der Waals surface area contributed by atoms with Crippen molar-refractivity contribution in [3.05, 3.63) is 45.9 Å². The minimum Gasteiger partial charge on any atom is -0.478 e. The van der Waals surface area contributed by atoms with Gasteiger partial charge >= 0.3 is 5.97 Å². The van der Waals surface area contributed by atoms with Crippen LogP contribution >= 0.6 is 11.3 Å². The van der Waals surface area contributed by atoms with Crippen molar-refractivity contribution < 1.29 is 14.7 Å². The number of nitrogens with one attached hydrogen (secondary N) is 1. The van der Waals surface area contributed by atoms with Gasteiger partial charge in [-0.25, -0.2) is 4.79 Å². The van der Waals surface area contributed by atoms with E-state index in [9.17, 15) is 9.59 Å². The van der Waals surface area contributed by atoms with Crippen LogP contribution in [0.5, 0.6) is 0 Å². The zero-order valence-corrected chi connectivity index (χ0v) is 11.6. The molecule has 1 amide bonds. The van der Waals surface area contributed by atoms with Crippen molar-refractivity contribution in [3.63, 3.8) is 0 Å². The molecule has 0 radical (unpaired) electrons. The Morgan fingerprint density at radius 3 is 2.90 bits per heavy atom. The summed E-state index contributed by atoms with van der Waals surface area (Å²) in [6, 6.07) is 5.20. The fraction of sp³-hybridized carbons (Fsp3) is 0.154. The third-order valence-corrected chi connectivity index (χ3v) is 3.49. The first-order chi connectivity index (χ1) is 9.54. The molecule has 0 aliphatic heterocycles. The van der Waals surface area contributed by atoms with Crippen LogP contribution in [-0.4, -0.2) is 26.8 Å². The number of nitrogens with zero attached hydrogens (tertiary/aromatic N) is 2. The van der Waals surface area contributed by atoms with Gasteiger partial charge in [0.05, 0.1) is 17.1 Å². The highest BCUT2D eigenvalue weighted by atomic mass is 32.1. The van der Waals surface area contributed by atoms with Gasteiger partial charge in [0.15, 0.2) is 0 Å². The Labute approximate surface area is 119 Å². The minimum atomic E-state index is -1.01. The number of rotatable bonds is 5. The fourth-order valence-corrected chi connectivity index (χ4v) is 2.36. The predicted octanol–water partition coefficient (Wildman–Crippen LogP) is 1.51. The topological polar surface area (TPSA) is 84.2 Å². The molecule has 104 valence electrons. The van der Waals surface area contributed by atoms with Crippen molar-refractivity contribution in [2.45, 2.75) is 6.54 Å². The molecule has 0 bridgehead atoms. The van der Waals surface area contributed by atoms with Gasteiger partial charge in [0.2, 0.25) is 0 Å². The SMILES string of the molecule is Cn1ccc(CNC(=O)c2ccc(/C=C/C(=O)O)s2)n1. The molecule has 0 spiro atoms. The molecular weight excluding hydrogens is 278 g/mol. The molecule has 20 heavy (non-hydrogen) atoms. The van der Waals surface area contributed by atoms with Crippen molar-refractivity contribution in [1.82, 2.24) is 15.1 Å². The molecule has 0 aliphatic rings. The Hall–Kier alpha value is -2.41. The Bertz CT molecular complexity index is 657. The van der Waals surface area contributed by atoms with Crippen LogP contribution in [0.1, 0.15) is 20.2 Å². The highest BCUT2D eigenvalue weighted by Crippen LogP contribution is 2.17. The van der Waals surface area contributed by atoms with Crippen LogP contribution in [0.4, 0.5) is 0 Å². The zero-order valence-electron chi connectivity index (χ0n) is 10.7. The number of thiophene rings is 1. The summed E-state index contributed by atoms with van der Waals surface area (Å²) in [6.45, 7) is 0.359. The number of hydrogen-bond donors (Lipinski definition) is 2. The number of carbonyl (C=O) groups excluding carboxylic acids is 1. The van der Waals surface area contributed by atoms with Crippen LogP contribution in [0.25, 0.3) is 6.08 Å². The highest BCUT2D eigenvalue weighted by molar-refractivity contribution is 7.14. The van der Waals surface area contributed by atoms with Crippen molar-refractivity contribution in [2.24, 2.45) is 7.05 Å². The first-order valence-electron chi connectivity index (χ1n) is 5.82. The molecular formula is C13H13N3O3S. The van der Waals surface area contributed by atoms with Crippen LogP contribution in [0.3, 0.4) is 0 Å². The summed E-state index contributed by atoms with van der Waals surface area (Å²) < 4.78 is 1.67. The van der Waals surface area contributed by atoms with Gasteiger partial charge in [-0.3, -0.25) is 9.48 Å². The number of amides is 1. The average Bonchev–Trinajstić information content (AvgIpc) is 3.02. The second-order valence-corrected chi connectivity index (χ2v) is 5.15. The second kappa shape index (κ2) is 6.16. The maximum Gasteiger partial charge on any atom is 0.328 e. The van der Waals surface area contributed by atoms with E-state index >= 15 is 0 Å². The molecule has 0 aromatic carbocycles. The van der Waals surface area contributed by atoms with Crippen LogP contribution in [-0.2, 0) is 18.4 Å². The molecule has 7 heteroatoms. The molecule has 0 fully saturated rings. The lowest BCUT2D eigenvalue weighted by Gasteiger charge is -2.00. The van der Waals surface area contributed by atoms with Crippen LogP contribution in [0.2, 0.25) is 0 Å². The Balaban J connectivity index is 1.94. The van der Waals surface area contributed by atoms with Gasteiger partial charge < -0.3 is 10.4 Å². The van der Waals surface area contributed by atoms with Crippen LogP contribution < -0.4 is 5.32 Å². The van der Waals surface area contributed by atoms with Gasteiger partial charge in [-0.15, -0.1) is 11.3 Å². The molecule has 2 aromatic rings. The molecule has 0 saturated heterocycles. The van der Waals surface area contributed by atoms with Gasteiger partial charge in [0.25, 0.3) is 5.91 Å². The highest BCUT2D eigenvalue weighted by Gasteiger charge is 2.08. The molecule has 2 N–H and O–H groups in total. The van der Waals surface area contributed by atoms with Crippen molar-refractivity contribution in [3.8, 4) is 0 Å². The Morgan fingerprint density at radius 1 is 1.45 bits per heavy atom. The molecule has 0 unspecified atom stereocenters. The number of carboxylic acid groups (broad SMARTS) is 1. The third kappa shape index (κ3) is 3.79. The molecule has 0 aliphatic carbocycles. The summed E-state index contributed by atoms with van der Waals surface area (Å²) in [6.07, 6.45) is 4.31. The van der Waals surface area contributed by atoms with Crippen molar-refractivity contribution in [1.29, 1.82) is 0 Å². The quantitative estimate of drug-likeness (QED) is 0.818. The van der Waals surface area contributed by atoms with Crippen molar-refractivity contribution >= 4 is 29.3 Å². The Morgan fingerprint density at radius 2 is 2.25 bits per heavy atom. The smallest absolute Gasteiger partial charge is 0.328 e. The minimum absolute atomic E-state index is 0.198. The molecule has 2 rings (SSSR count). The number of hydrogen-bond acceptors (Lipinski definition) is 4. The fourth-order valence-electron chi connectivity index (χ4n) is 1.53. The Kier molecular flexibility index (Phi) is 4.31. The van der Waals surface area contributed by atoms with E-state index in [1.807, 2.05) is 13.1 Å². The van der Waals surface area contributed by atoms with Gasteiger partial charge in [-0.1, -0.05) is 0 Å². The van der Waals surface area contributed by atoms with Gasteiger partial charge in [-0.05, 0) is 24.3 Å². The first kappa shape index (κ1) is 14.0. The number of aromatic nitrogens is 2. The lowest BCUT2D eigenvalue weighted by molar-refractivity contribution is -0.131. The molecule has 0 atom stereocenters. The van der Waals surface area contributed by atoms with Gasteiger partial charge in [0.1, 0.15) is 0 Å². The maximum absolute atomic E-state index is 11.9. The van der Waals surface area contributed by atoms with E-state index in [1.54, 1.807) is 23.0 Å². The van der Waals surface area contributed by atoms with Gasteiger partial charge in [-0.2, -0.15) is 5.10 Å². The first-order valence-corrected chi connectivity index (χ1v) is 6.64. The second-order valence-electron chi connectivity index (χ2n) is 4.04. The summed E-state index contributed by atoms with van der Waals surface area (Å²) in [5.74, 6) is -1.21. The monoisotopic (exact) mass is 291 g/mol. The standard InChI is InChI=1S/C13H13N3O3S/c1-16-7-6-9(15-16)8-14-13(19)11-4-2-10(20-11)3-5-12(17)18/h2-7H,8H2,1H3,(H,14,19)(H,17,18)/b5-3+. The lowest BCUT2D eigenvalue weighted by Crippen LogP contribution is -2.22. The van der Waals surface area contributed by atoms with Crippen LogP contribution in [0.15, 0.2) is 30.5 Å². The summed E-state index contributed by atoms with van der Waals surface area (Å²) in [7, 11) is 1.81. The number of aryl methyl sites for hydroxylation is 1. The van der Waals surface area contributed by atoms with E-state index in [4.69, 9.17) is 5.11 Å². The third-order valence-electron chi connectivity index (χ3n) is 2.44. The maximum atomic E-state index is 11.9. The summed E-state index contributed by atoms with van der Waals surface area (Å²) >= 11 is 1.24. The van der Waals surface area contributed by atoms with E-state index in [1.165, 1.54) is 17.4 Å². The van der Waals surface area contributed by atoms with E-state index in [-0.39, 0.29) is 5.91 Å². The number of carbonyl (C=O) groups is 2. The number of carboxylic acids is 1. The summed E-state index contributed by atoms with van der Waals surface area (Å²) in [5.41, 5.74) is 0.781. The summed E-state index contributed by atoms with van der Waals surface area (Å²) in [4.78, 5) is 23.6. The molecule has 2 aromatic heterocycles. The average molecular weight is 291 g/mol. The van der Waals surface area contributed by atoms with Crippen molar-refractivity contribution in [2.75, 3.05) is 0 Å². The number of aliphatic carboxylic acids is 1.